The van der Waals surface area contributed by atoms with Crippen molar-refractivity contribution in [1.29, 1.82) is 0 Å². The van der Waals surface area contributed by atoms with Gasteiger partial charge in [0.15, 0.2) is 0 Å². The summed E-state index contributed by atoms with van der Waals surface area (Å²) in [5, 5.41) is 12.6. The number of aromatic nitrogens is 2. The lowest BCUT2D eigenvalue weighted by Crippen LogP contribution is -2.09. The quantitative estimate of drug-likeness (QED) is 0.171. The van der Waals surface area contributed by atoms with Crippen LogP contribution >= 0.6 is 0 Å². The Balaban J connectivity index is 0.959. The molecule has 0 N–H and O–H groups in total. The SMILES string of the molecule is C1=CC(c2cccc(-c3nc4ccccc4c4c3ccc3ccccc34)c2)Cc2c1c1ccc(C3CC=Nc4c3ccc3cccnc43)cc1c1ccccc21. The molecule has 0 saturated carbocycles. The molecule has 262 valence electrons. The van der Waals surface area contributed by atoms with E-state index in [1.165, 1.54) is 76.3 Å². The van der Waals surface area contributed by atoms with Crippen molar-refractivity contribution in [3.8, 4) is 11.3 Å². The normalized spacial score (nSPS) is 16.3. The van der Waals surface area contributed by atoms with Crippen LogP contribution in [-0.2, 0) is 6.42 Å². The Labute approximate surface area is 324 Å². The Bertz CT molecular complexity index is 3320. The van der Waals surface area contributed by atoms with Gasteiger partial charge >= 0.3 is 0 Å². The van der Waals surface area contributed by atoms with Gasteiger partial charge in [0.1, 0.15) is 0 Å². The number of pyridine rings is 2. The fourth-order valence-corrected chi connectivity index (χ4v) is 9.78. The minimum absolute atomic E-state index is 0.230. The molecule has 0 fully saturated rings. The number of hydrogen-bond acceptors (Lipinski definition) is 3. The van der Waals surface area contributed by atoms with Crippen molar-refractivity contribution in [3.05, 3.63) is 192 Å². The zero-order valence-electron chi connectivity index (χ0n) is 30.7. The molecule has 2 aliphatic rings. The Morgan fingerprint density at radius 2 is 1.36 bits per heavy atom. The van der Waals surface area contributed by atoms with Crippen LogP contribution < -0.4 is 0 Å². The molecule has 56 heavy (non-hydrogen) atoms. The van der Waals surface area contributed by atoms with Crippen molar-refractivity contribution in [1.82, 2.24) is 9.97 Å². The molecule has 0 amide bonds. The molecule has 2 atom stereocenters. The zero-order valence-corrected chi connectivity index (χ0v) is 30.7. The predicted molar refractivity (Wildman–Crippen MR) is 235 cm³/mol. The van der Waals surface area contributed by atoms with Crippen LogP contribution in [0.15, 0.2) is 169 Å². The first-order valence-electron chi connectivity index (χ1n) is 19.6. The minimum atomic E-state index is 0.230. The standard InChI is InChI=1S/C53H35N3/c1-2-13-39-32(9-1)18-25-46-50(39)45-16-5-6-17-49(45)56-51(46)37-11-7-10-34(29-37)35-20-22-42-43-23-21-36(31-48(43)41-15-4-3-14-40(41)47(42)30-35)38-26-28-55-53-44(38)24-19-33-12-8-27-54-52(33)53/h1-25,27-29,31,35,38H,26,30H2. The Hall–Kier alpha value is -6.97. The molecule has 3 heteroatoms. The summed E-state index contributed by atoms with van der Waals surface area (Å²) < 4.78 is 0. The first-order chi connectivity index (χ1) is 27.8. The smallest absolute Gasteiger partial charge is 0.0961 e. The molecule has 3 nitrogen and oxygen atoms in total. The van der Waals surface area contributed by atoms with Crippen LogP contribution in [0.3, 0.4) is 0 Å². The summed E-state index contributed by atoms with van der Waals surface area (Å²) in [5.74, 6) is 0.477. The molecule has 1 aliphatic carbocycles. The summed E-state index contributed by atoms with van der Waals surface area (Å²) in [6, 6.07) is 55.6. The molecule has 0 saturated heterocycles. The van der Waals surface area contributed by atoms with Crippen molar-refractivity contribution < 1.29 is 0 Å². The van der Waals surface area contributed by atoms with Gasteiger partial charge in [0, 0.05) is 51.4 Å². The number of allylic oxidation sites excluding steroid dienone is 1. The van der Waals surface area contributed by atoms with Crippen LogP contribution in [0, 0.1) is 0 Å². The highest BCUT2D eigenvalue weighted by atomic mass is 14.8. The highest BCUT2D eigenvalue weighted by molar-refractivity contribution is 6.22. The van der Waals surface area contributed by atoms with E-state index < -0.39 is 0 Å². The van der Waals surface area contributed by atoms with E-state index in [0.717, 1.165) is 46.2 Å². The van der Waals surface area contributed by atoms with Crippen molar-refractivity contribution in [2.45, 2.75) is 24.7 Å². The number of hydrogen-bond donors (Lipinski definition) is 0. The molecule has 10 aromatic rings. The molecule has 3 heterocycles. The van der Waals surface area contributed by atoms with Gasteiger partial charge in [-0.05, 0) is 97.2 Å². The fourth-order valence-electron chi connectivity index (χ4n) is 9.78. The monoisotopic (exact) mass is 713 g/mol. The maximum absolute atomic E-state index is 5.32. The van der Waals surface area contributed by atoms with Gasteiger partial charge in [-0.15, -0.1) is 0 Å². The Morgan fingerprint density at radius 3 is 2.30 bits per heavy atom. The number of rotatable bonds is 3. The number of fused-ring (bicyclic) bond motifs is 14. The molecule has 2 unspecified atom stereocenters. The van der Waals surface area contributed by atoms with E-state index >= 15 is 0 Å². The van der Waals surface area contributed by atoms with Crippen LogP contribution in [-0.4, -0.2) is 16.2 Å². The average molecular weight is 714 g/mol. The van der Waals surface area contributed by atoms with Gasteiger partial charge in [-0.2, -0.15) is 0 Å². The van der Waals surface area contributed by atoms with E-state index in [2.05, 4.69) is 164 Å². The molecule has 2 aromatic heterocycles. The number of aliphatic imine (C=N–C) groups is 1. The Kier molecular flexibility index (Phi) is 6.88. The third-order valence-corrected chi connectivity index (χ3v) is 12.4. The lowest BCUT2D eigenvalue weighted by atomic mass is 9.79. The first-order valence-corrected chi connectivity index (χ1v) is 19.6. The first kappa shape index (κ1) is 31.4. The highest BCUT2D eigenvalue weighted by Gasteiger charge is 2.25. The van der Waals surface area contributed by atoms with Crippen LogP contribution in [0.25, 0.3) is 82.2 Å². The van der Waals surface area contributed by atoms with Gasteiger partial charge in [0.25, 0.3) is 0 Å². The topological polar surface area (TPSA) is 38.1 Å². The molecule has 0 bridgehead atoms. The van der Waals surface area contributed by atoms with E-state index in [1.807, 2.05) is 12.3 Å². The number of benzene rings is 8. The Morgan fingerprint density at radius 1 is 0.554 bits per heavy atom. The molecule has 0 radical (unpaired) electrons. The van der Waals surface area contributed by atoms with E-state index in [4.69, 9.17) is 15.0 Å². The fraction of sp³-hybridized carbons (Fsp3) is 0.0755. The summed E-state index contributed by atoms with van der Waals surface area (Å²) in [6.45, 7) is 0. The summed E-state index contributed by atoms with van der Waals surface area (Å²) in [6.07, 6.45) is 10.6. The van der Waals surface area contributed by atoms with Crippen molar-refractivity contribution in [2.24, 2.45) is 4.99 Å². The maximum Gasteiger partial charge on any atom is 0.0961 e. The predicted octanol–water partition coefficient (Wildman–Crippen LogP) is 13.7. The van der Waals surface area contributed by atoms with E-state index in [-0.39, 0.29) is 11.8 Å². The molecular formula is C53H35N3. The van der Waals surface area contributed by atoms with Gasteiger partial charge in [0.05, 0.1) is 22.4 Å². The zero-order chi connectivity index (χ0) is 36.7. The maximum atomic E-state index is 5.32. The van der Waals surface area contributed by atoms with Gasteiger partial charge in [0.2, 0.25) is 0 Å². The van der Waals surface area contributed by atoms with E-state index in [0.29, 0.717) is 0 Å². The lowest BCUT2D eigenvalue weighted by Gasteiger charge is -2.26. The lowest BCUT2D eigenvalue weighted by molar-refractivity contribution is 0.834. The van der Waals surface area contributed by atoms with Crippen molar-refractivity contribution >= 4 is 82.9 Å². The van der Waals surface area contributed by atoms with Crippen LogP contribution in [0.2, 0.25) is 0 Å². The molecule has 12 rings (SSSR count). The van der Waals surface area contributed by atoms with Gasteiger partial charge in [-0.25, -0.2) is 4.98 Å². The summed E-state index contributed by atoms with van der Waals surface area (Å²) in [5.41, 5.74) is 11.9. The van der Waals surface area contributed by atoms with Crippen LogP contribution in [0.4, 0.5) is 5.69 Å². The van der Waals surface area contributed by atoms with Gasteiger partial charge in [-0.1, -0.05) is 140 Å². The average Bonchev–Trinajstić information content (AvgIpc) is 3.28. The third-order valence-electron chi connectivity index (χ3n) is 12.4. The third kappa shape index (κ3) is 4.74. The van der Waals surface area contributed by atoms with E-state index in [9.17, 15) is 0 Å². The molecule has 0 spiro atoms. The summed E-state index contributed by atoms with van der Waals surface area (Å²) in [7, 11) is 0. The van der Waals surface area contributed by atoms with E-state index in [1.54, 1.807) is 0 Å². The molecular weight excluding hydrogens is 679 g/mol. The minimum Gasteiger partial charge on any atom is -0.259 e. The highest BCUT2D eigenvalue weighted by Crippen LogP contribution is 2.45. The van der Waals surface area contributed by atoms with Crippen LogP contribution in [0.5, 0.6) is 0 Å². The van der Waals surface area contributed by atoms with Crippen molar-refractivity contribution in [2.75, 3.05) is 0 Å². The summed E-state index contributed by atoms with van der Waals surface area (Å²) in [4.78, 5) is 14.9. The second kappa shape index (κ2) is 12.3. The number of para-hydroxylation sites is 1. The number of nitrogens with zero attached hydrogens (tertiary/aromatic N) is 3. The van der Waals surface area contributed by atoms with Gasteiger partial charge < -0.3 is 0 Å². The largest absolute Gasteiger partial charge is 0.259 e. The van der Waals surface area contributed by atoms with Crippen LogP contribution in [0.1, 0.15) is 46.1 Å². The second-order valence-electron chi connectivity index (χ2n) is 15.4. The molecule has 8 aromatic carbocycles. The second-order valence-corrected chi connectivity index (χ2v) is 15.4. The summed E-state index contributed by atoms with van der Waals surface area (Å²) >= 11 is 0. The van der Waals surface area contributed by atoms with Crippen molar-refractivity contribution in [3.63, 3.8) is 0 Å². The molecule has 1 aliphatic heterocycles. The van der Waals surface area contributed by atoms with Gasteiger partial charge in [-0.3, -0.25) is 9.98 Å².